The van der Waals surface area contributed by atoms with Crippen LogP contribution in [0.3, 0.4) is 0 Å². The number of carbonyl (C=O) groups is 1. The van der Waals surface area contributed by atoms with Gasteiger partial charge in [0, 0.05) is 6.54 Å². The van der Waals surface area contributed by atoms with Gasteiger partial charge in [-0.3, -0.25) is 0 Å². The predicted octanol–water partition coefficient (Wildman–Crippen LogP) is 2.60. The lowest BCUT2D eigenvalue weighted by Crippen LogP contribution is -2.23. The van der Waals surface area contributed by atoms with Crippen molar-refractivity contribution in [1.29, 1.82) is 0 Å². The van der Waals surface area contributed by atoms with E-state index in [0.29, 0.717) is 12.4 Å². The maximum absolute atomic E-state index is 10.7. The van der Waals surface area contributed by atoms with Crippen molar-refractivity contribution in [2.75, 3.05) is 19.7 Å². The zero-order valence-electron chi connectivity index (χ0n) is 11.8. The molecule has 0 bridgehead atoms. The van der Waals surface area contributed by atoms with Crippen LogP contribution >= 0.6 is 0 Å². The van der Waals surface area contributed by atoms with Crippen LogP contribution in [0.1, 0.15) is 15.9 Å². The van der Waals surface area contributed by atoms with Gasteiger partial charge in [-0.25, -0.2) is 4.79 Å². The van der Waals surface area contributed by atoms with Crippen LogP contribution in [0.25, 0.3) is 0 Å². The summed E-state index contributed by atoms with van der Waals surface area (Å²) in [7, 11) is 0. The average molecular weight is 285 g/mol. The molecule has 0 atom stereocenters. The SMILES string of the molecule is O=C(O)c1ccc(OCCNCCc2ccccc2)cc1. The third kappa shape index (κ3) is 5.28. The molecule has 21 heavy (non-hydrogen) atoms. The van der Waals surface area contributed by atoms with Crippen molar-refractivity contribution in [1.82, 2.24) is 5.32 Å². The standard InChI is InChI=1S/C17H19NO3/c19-17(20)15-6-8-16(9-7-15)21-13-12-18-11-10-14-4-2-1-3-5-14/h1-9,18H,10-13H2,(H,19,20). The Morgan fingerprint density at radius 1 is 1.00 bits per heavy atom. The molecule has 110 valence electrons. The van der Waals surface area contributed by atoms with Gasteiger partial charge >= 0.3 is 5.97 Å². The molecule has 0 aliphatic heterocycles. The smallest absolute Gasteiger partial charge is 0.335 e. The van der Waals surface area contributed by atoms with Crippen LogP contribution in [0.2, 0.25) is 0 Å². The normalized spacial score (nSPS) is 10.3. The van der Waals surface area contributed by atoms with E-state index >= 15 is 0 Å². The lowest BCUT2D eigenvalue weighted by molar-refractivity contribution is 0.0697. The van der Waals surface area contributed by atoms with Crippen LogP contribution in [-0.2, 0) is 6.42 Å². The second-order valence-corrected chi connectivity index (χ2v) is 4.66. The molecule has 0 saturated carbocycles. The highest BCUT2D eigenvalue weighted by molar-refractivity contribution is 5.87. The first-order valence-corrected chi connectivity index (χ1v) is 6.96. The van der Waals surface area contributed by atoms with E-state index in [1.54, 1.807) is 24.3 Å². The van der Waals surface area contributed by atoms with Crippen molar-refractivity contribution in [3.05, 3.63) is 65.7 Å². The number of hydrogen-bond donors (Lipinski definition) is 2. The fourth-order valence-electron chi connectivity index (χ4n) is 1.94. The van der Waals surface area contributed by atoms with Gasteiger partial charge in [-0.15, -0.1) is 0 Å². The van der Waals surface area contributed by atoms with Gasteiger partial charge in [0.2, 0.25) is 0 Å². The van der Waals surface area contributed by atoms with E-state index in [-0.39, 0.29) is 5.56 Å². The second kappa shape index (κ2) is 8.07. The van der Waals surface area contributed by atoms with Gasteiger partial charge in [-0.05, 0) is 42.8 Å². The summed E-state index contributed by atoms with van der Waals surface area (Å²) in [5, 5.41) is 12.1. The summed E-state index contributed by atoms with van der Waals surface area (Å²) in [6.45, 7) is 2.22. The zero-order chi connectivity index (χ0) is 14.9. The molecule has 2 N–H and O–H groups in total. The van der Waals surface area contributed by atoms with Gasteiger partial charge in [0.25, 0.3) is 0 Å². The Labute approximate surface area is 124 Å². The molecular formula is C17H19NO3. The molecule has 0 fully saturated rings. The number of rotatable bonds is 8. The lowest BCUT2D eigenvalue weighted by Gasteiger charge is -2.08. The maximum Gasteiger partial charge on any atom is 0.335 e. The molecule has 0 amide bonds. The first-order chi connectivity index (χ1) is 10.3. The van der Waals surface area contributed by atoms with Crippen molar-refractivity contribution in [2.45, 2.75) is 6.42 Å². The number of hydrogen-bond acceptors (Lipinski definition) is 3. The van der Waals surface area contributed by atoms with Crippen molar-refractivity contribution >= 4 is 5.97 Å². The van der Waals surface area contributed by atoms with E-state index in [9.17, 15) is 4.79 Å². The Balaban J connectivity index is 1.60. The Bertz CT molecular complexity index is 552. The summed E-state index contributed by atoms with van der Waals surface area (Å²) in [5.74, 6) is -0.242. The minimum Gasteiger partial charge on any atom is -0.492 e. The summed E-state index contributed by atoms with van der Waals surface area (Å²) in [4.78, 5) is 10.7. The molecule has 0 radical (unpaired) electrons. The van der Waals surface area contributed by atoms with Gasteiger partial charge in [0.15, 0.2) is 0 Å². The summed E-state index contributed by atoms with van der Waals surface area (Å²) in [6.07, 6.45) is 0.994. The number of benzene rings is 2. The summed E-state index contributed by atoms with van der Waals surface area (Å²) >= 11 is 0. The minimum absolute atomic E-state index is 0.267. The fourth-order valence-corrected chi connectivity index (χ4v) is 1.94. The molecular weight excluding hydrogens is 266 g/mol. The molecule has 0 unspecified atom stereocenters. The molecule has 0 heterocycles. The zero-order valence-corrected chi connectivity index (χ0v) is 11.8. The number of nitrogens with one attached hydrogen (secondary N) is 1. The van der Waals surface area contributed by atoms with Crippen LogP contribution in [0.15, 0.2) is 54.6 Å². The molecule has 0 aromatic heterocycles. The molecule has 2 aromatic rings. The predicted molar refractivity (Wildman–Crippen MR) is 81.9 cm³/mol. The fraction of sp³-hybridized carbons (Fsp3) is 0.235. The summed E-state index contributed by atoms with van der Waals surface area (Å²) in [5.41, 5.74) is 1.58. The van der Waals surface area contributed by atoms with E-state index in [0.717, 1.165) is 19.5 Å². The number of carboxylic acids is 1. The van der Waals surface area contributed by atoms with Crippen LogP contribution in [-0.4, -0.2) is 30.8 Å². The monoisotopic (exact) mass is 285 g/mol. The third-order valence-electron chi connectivity index (χ3n) is 3.08. The first-order valence-electron chi connectivity index (χ1n) is 6.96. The van der Waals surface area contributed by atoms with Gasteiger partial charge in [0.05, 0.1) is 5.56 Å². The van der Waals surface area contributed by atoms with Crippen LogP contribution in [0.4, 0.5) is 0 Å². The molecule has 4 nitrogen and oxygen atoms in total. The minimum atomic E-state index is -0.927. The largest absolute Gasteiger partial charge is 0.492 e. The van der Waals surface area contributed by atoms with Crippen molar-refractivity contribution in [3.8, 4) is 5.75 Å². The van der Waals surface area contributed by atoms with Crippen LogP contribution in [0.5, 0.6) is 5.75 Å². The topological polar surface area (TPSA) is 58.6 Å². The van der Waals surface area contributed by atoms with Gasteiger partial charge in [-0.2, -0.15) is 0 Å². The molecule has 0 saturated heterocycles. The van der Waals surface area contributed by atoms with Crippen molar-refractivity contribution < 1.29 is 14.6 Å². The third-order valence-corrected chi connectivity index (χ3v) is 3.08. The van der Waals surface area contributed by atoms with E-state index in [4.69, 9.17) is 9.84 Å². The first kappa shape index (κ1) is 15.1. The molecule has 4 heteroatoms. The van der Waals surface area contributed by atoms with Crippen molar-refractivity contribution in [2.24, 2.45) is 0 Å². The van der Waals surface area contributed by atoms with E-state index in [2.05, 4.69) is 17.4 Å². The van der Waals surface area contributed by atoms with Gasteiger partial charge < -0.3 is 15.2 Å². The lowest BCUT2D eigenvalue weighted by atomic mass is 10.1. The molecule has 0 aliphatic carbocycles. The van der Waals surface area contributed by atoms with E-state index < -0.39 is 5.97 Å². The summed E-state index contributed by atoms with van der Waals surface area (Å²) < 4.78 is 5.54. The Hall–Kier alpha value is -2.33. The molecule has 0 spiro atoms. The number of aromatic carboxylic acids is 1. The summed E-state index contributed by atoms with van der Waals surface area (Å²) in [6, 6.07) is 16.8. The molecule has 2 rings (SSSR count). The highest BCUT2D eigenvalue weighted by Gasteiger charge is 2.01. The molecule has 2 aromatic carbocycles. The molecule has 0 aliphatic rings. The van der Waals surface area contributed by atoms with Crippen LogP contribution in [0, 0.1) is 0 Å². The highest BCUT2D eigenvalue weighted by Crippen LogP contribution is 2.11. The Morgan fingerprint density at radius 2 is 1.71 bits per heavy atom. The van der Waals surface area contributed by atoms with Gasteiger partial charge in [0.1, 0.15) is 12.4 Å². The van der Waals surface area contributed by atoms with E-state index in [1.807, 2.05) is 18.2 Å². The second-order valence-electron chi connectivity index (χ2n) is 4.66. The number of ether oxygens (including phenoxy) is 1. The quantitative estimate of drug-likeness (QED) is 0.732. The number of carboxylic acid groups (broad SMARTS) is 1. The van der Waals surface area contributed by atoms with Crippen molar-refractivity contribution in [3.63, 3.8) is 0 Å². The Morgan fingerprint density at radius 3 is 2.38 bits per heavy atom. The van der Waals surface area contributed by atoms with E-state index in [1.165, 1.54) is 5.56 Å². The Kier molecular flexibility index (Phi) is 5.79. The maximum atomic E-state index is 10.7. The van der Waals surface area contributed by atoms with Crippen LogP contribution < -0.4 is 10.1 Å². The highest BCUT2D eigenvalue weighted by atomic mass is 16.5. The van der Waals surface area contributed by atoms with Gasteiger partial charge in [-0.1, -0.05) is 30.3 Å². The average Bonchev–Trinajstić information content (AvgIpc) is 2.52.